The lowest BCUT2D eigenvalue weighted by Crippen LogP contribution is -2.61. The lowest BCUT2D eigenvalue weighted by Gasteiger charge is -2.50. The molecule has 1 aromatic heterocycles. The van der Waals surface area contributed by atoms with Gasteiger partial charge in [0.05, 0.1) is 6.42 Å². The van der Waals surface area contributed by atoms with Crippen molar-refractivity contribution in [3.8, 4) is 0 Å². The highest BCUT2D eigenvalue weighted by Gasteiger charge is 2.66. The molecule has 1 aromatic carbocycles. The summed E-state index contributed by atoms with van der Waals surface area (Å²) in [5, 5.41) is 2.59. The number of rotatable bonds is 2. The number of nitrogens with two attached hydrogens (primary N) is 1. The molecule has 0 fully saturated rings. The van der Waals surface area contributed by atoms with E-state index in [4.69, 9.17) is 10.2 Å². The second-order valence-electron chi connectivity index (χ2n) is 7.19. The lowest BCUT2D eigenvalue weighted by molar-refractivity contribution is -0.120. The van der Waals surface area contributed by atoms with E-state index in [9.17, 15) is 18.0 Å². The molecule has 4 rings (SSSR count). The monoisotopic (exact) mass is 378 g/mol. The highest BCUT2D eigenvalue weighted by atomic mass is 19.3. The number of carbonyl (C=O) groups is 1. The standard InChI is InChI=1S/C18H17F3N4O2/c1-9-23-13(7-27-9)14(26)24-11-4-3-10-6-17(12(10)5-11)18(20,21)8-16(2,19)15(22)25-17/h3-5,7H,6,8H2,1-2H3,(H2,22,25)(H,24,26)/t16-,17-/m1/s1. The van der Waals surface area contributed by atoms with E-state index >= 15 is 0 Å². The first-order chi connectivity index (χ1) is 12.5. The molecular weight excluding hydrogens is 361 g/mol. The molecule has 0 unspecified atom stereocenters. The maximum Gasteiger partial charge on any atom is 0.280 e. The molecule has 0 saturated heterocycles. The number of fused-ring (bicyclic) bond motifs is 2. The van der Waals surface area contributed by atoms with Crippen LogP contribution >= 0.6 is 0 Å². The number of alkyl halides is 3. The summed E-state index contributed by atoms with van der Waals surface area (Å²) in [4.78, 5) is 20.0. The molecular formula is C18H17F3N4O2. The minimum absolute atomic E-state index is 0.0389. The van der Waals surface area contributed by atoms with Crippen LogP contribution < -0.4 is 11.1 Å². The zero-order chi connectivity index (χ0) is 19.6. The van der Waals surface area contributed by atoms with Gasteiger partial charge in [0.15, 0.2) is 22.8 Å². The summed E-state index contributed by atoms with van der Waals surface area (Å²) in [6, 6.07) is 4.66. The number of amides is 1. The average molecular weight is 378 g/mol. The SMILES string of the molecule is Cc1nc(C(=O)Nc2ccc3c(c2)[C@@]2(C3)N=C(N)[C@](C)(F)CC2(F)F)co1. The van der Waals surface area contributed by atoms with Crippen molar-refractivity contribution in [3.63, 3.8) is 0 Å². The molecule has 1 aliphatic carbocycles. The van der Waals surface area contributed by atoms with Crippen LogP contribution in [0.1, 0.15) is 40.9 Å². The van der Waals surface area contributed by atoms with Crippen LogP contribution in [0, 0.1) is 6.92 Å². The quantitative estimate of drug-likeness (QED) is 0.840. The molecule has 0 bridgehead atoms. The van der Waals surface area contributed by atoms with Crippen molar-refractivity contribution in [1.29, 1.82) is 0 Å². The largest absolute Gasteiger partial charge is 0.448 e. The lowest BCUT2D eigenvalue weighted by atomic mass is 9.63. The van der Waals surface area contributed by atoms with Crippen LogP contribution in [-0.4, -0.2) is 28.3 Å². The van der Waals surface area contributed by atoms with Gasteiger partial charge >= 0.3 is 0 Å². The molecule has 6 nitrogen and oxygen atoms in total. The summed E-state index contributed by atoms with van der Waals surface area (Å²) >= 11 is 0. The molecule has 9 heteroatoms. The van der Waals surface area contributed by atoms with E-state index in [1.54, 1.807) is 19.1 Å². The minimum Gasteiger partial charge on any atom is -0.448 e. The number of benzene rings is 1. The number of amidine groups is 1. The number of anilines is 1. The first-order valence-corrected chi connectivity index (χ1v) is 8.33. The highest BCUT2D eigenvalue weighted by molar-refractivity contribution is 6.02. The second kappa shape index (κ2) is 5.34. The van der Waals surface area contributed by atoms with Gasteiger partial charge in [0, 0.05) is 19.0 Å². The predicted molar refractivity (Wildman–Crippen MR) is 91.7 cm³/mol. The number of hydrogen-bond acceptors (Lipinski definition) is 5. The smallest absolute Gasteiger partial charge is 0.280 e. The third-order valence-corrected chi connectivity index (χ3v) is 5.12. The predicted octanol–water partition coefficient (Wildman–Crippen LogP) is 3.11. The van der Waals surface area contributed by atoms with Crippen LogP contribution in [-0.2, 0) is 12.0 Å². The second-order valence-corrected chi connectivity index (χ2v) is 7.19. The Labute approximate surface area is 152 Å². The third-order valence-electron chi connectivity index (χ3n) is 5.12. The van der Waals surface area contributed by atoms with Gasteiger partial charge in [-0.25, -0.2) is 18.2 Å². The van der Waals surface area contributed by atoms with Gasteiger partial charge in [-0.2, -0.15) is 0 Å². The number of aromatic nitrogens is 1. The van der Waals surface area contributed by atoms with Crippen molar-refractivity contribution >= 4 is 17.4 Å². The van der Waals surface area contributed by atoms with Crippen molar-refractivity contribution < 1.29 is 22.4 Å². The fraction of sp³-hybridized carbons (Fsp3) is 0.389. The van der Waals surface area contributed by atoms with Crippen LogP contribution in [0.15, 0.2) is 33.9 Å². The number of aryl methyl sites for hydroxylation is 1. The van der Waals surface area contributed by atoms with E-state index < -0.39 is 35.3 Å². The Morgan fingerprint density at radius 1 is 1.33 bits per heavy atom. The van der Waals surface area contributed by atoms with Crippen molar-refractivity contribution in [2.75, 3.05) is 5.32 Å². The zero-order valence-electron chi connectivity index (χ0n) is 14.6. The molecule has 1 aliphatic heterocycles. The van der Waals surface area contributed by atoms with E-state index in [0.29, 0.717) is 17.1 Å². The van der Waals surface area contributed by atoms with Gasteiger partial charge in [-0.1, -0.05) is 6.07 Å². The van der Waals surface area contributed by atoms with Gasteiger partial charge < -0.3 is 15.5 Å². The van der Waals surface area contributed by atoms with Gasteiger partial charge in [-0.3, -0.25) is 9.79 Å². The van der Waals surface area contributed by atoms with Crippen molar-refractivity contribution in [2.24, 2.45) is 10.7 Å². The number of hydrogen-bond donors (Lipinski definition) is 2. The number of aliphatic imine (C=N–C) groups is 1. The molecule has 0 radical (unpaired) electrons. The van der Waals surface area contributed by atoms with Crippen LogP contribution in [0.4, 0.5) is 18.9 Å². The molecule has 2 atom stereocenters. The molecule has 1 amide bonds. The maximum absolute atomic E-state index is 14.8. The molecule has 27 heavy (non-hydrogen) atoms. The fourth-order valence-corrected chi connectivity index (χ4v) is 3.60. The number of halogens is 3. The van der Waals surface area contributed by atoms with Crippen molar-refractivity contribution in [2.45, 2.75) is 43.8 Å². The van der Waals surface area contributed by atoms with E-state index in [1.165, 1.54) is 12.3 Å². The van der Waals surface area contributed by atoms with E-state index in [1.807, 2.05) is 0 Å². The summed E-state index contributed by atoms with van der Waals surface area (Å²) in [6.07, 6.45) is 0.127. The Balaban J connectivity index is 1.68. The van der Waals surface area contributed by atoms with E-state index in [0.717, 1.165) is 6.92 Å². The van der Waals surface area contributed by atoms with E-state index in [2.05, 4.69) is 15.3 Å². The summed E-state index contributed by atoms with van der Waals surface area (Å²) in [5.74, 6) is -4.04. The zero-order valence-corrected chi connectivity index (χ0v) is 14.6. The Morgan fingerprint density at radius 3 is 2.74 bits per heavy atom. The summed E-state index contributed by atoms with van der Waals surface area (Å²) in [7, 11) is 0. The molecule has 1 spiro atoms. The first-order valence-electron chi connectivity index (χ1n) is 8.33. The van der Waals surface area contributed by atoms with Crippen LogP contribution in [0.2, 0.25) is 0 Å². The Morgan fingerprint density at radius 2 is 2.07 bits per heavy atom. The Kier molecular flexibility index (Phi) is 3.47. The van der Waals surface area contributed by atoms with Crippen molar-refractivity contribution in [3.05, 3.63) is 47.2 Å². The van der Waals surface area contributed by atoms with Gasteiger partial charge in [0.2, 0.25) is 0 Å². The third kappa shape index (κ3) is 2.52. The average Bonchev–Trinajstić information content (AvgIpc) is 2.98. The van der Waals surface area contributed by atoms with Crippen molar-refractivity contribution in [1.82, 2.24) is 4.98 Å². The highest BCUT2D eigenvalue weighted by Crippen LogP contribution is 2.57. The Hall–Kier alpha value is -2.84. The Bertz CT molecular complexity index is 983. The first kappa shape index (κ1) is 17.6. The number of nitrogens with one attached hydrogen (secondary N) is 1. The molecule has 2 heterocycles. The fourth-order valence-electron chi connectivity index (χ4n) is 3.60. The normalized spacial score (nSPS) is 28.3. The van der Waals surface area contributed by atoms with Crippen LogP contribution in [0.25, 0.3) is 0 Å². The number of oxazole rings is 1. The molecule has 142 valence electrons. The topological polar surface area (TPSA) is 93.5 Å². The van der Waals surface area contributed by atoms with Crippen LogP contribution in [0.3, 0.4) is 0 Å². The maximum atomic E-state index is 14.8. The summed E-state index contributed by atoms with van der Waals surface area (Å²) in [5.41, 5.74) is 2.63. The summed E-state index contributed by atoms with van der Waals surface area (Å²) in [6.45, 7) is 2.60. The molecule has 3 N–H and O–H groups in total. The molecule has 0 saturated carbocycles. The van der Waals surface area contributed by atoms with Gasteiger partial charge in [-0.15, -0.1) is 0 Å². The van der Waals surface area contributed by atoms with E-state index in [-0.39, 0.29) is 17.7 Å². The summed E-state index contributed by atoms with van der Waals surface area (Å²) < 4.78 is 48.9. The molecule has 2 aromatic rings. The van der Waals surface area contributed by atoms with Gasteiger partial charge in [-0.05, 0) is 30.2 Å². The number of carbonyl (C=O) groups excluding carboxylic acids is 1. The number of nitrogens with zero attached hydrogens (tertiary/aromatic N) is 2. The van der Waals surface area contributed by atoms with Gasteiger partial charge in [0.1, 0.15) is 12.1 Å². The minimum atomic E-state index is -3.40. The van der Waals surface area contributed by atoms with Gasteiger partial charge in [0.25, 0.3) is 11.8 Å². The molecule has 2 aliphatic rings. The van der Waals surface area contributed by atoms with Crippen LogP contribution in [0.5, 0.6) is 0 Å².